The highest BCUT2D eigenvalue weighted by Gasteiger charge is 2.38. The minimum absolute atomic E-state index is 0.0142. The first-order valence-electron chi connectivity index (χ1n) is 7.85. The molecule has 1 aromatic carbocycles. The average Bonchev–Trinajstić information content (AvgIpc) is 3.01. The Bertz CT molecular complexity index is 809. The van der Waals surface area contributed by atoms with Crippen LogP contribution in [-0.4, -0.2) is 35.0 Å². The zero-order chi connectivity index (χ0) is 18.9. The standard InChI is InChI=1S/C16H17F3N6O/c17-16(18,19)12-7-22-15(24-14(12)25-6-5-10(20)8-25)23-11-3-1-9(2-4-11)13(21)26/h1-4,7,10H,5-6,8,20H2,(H2,21,26)(H,22,23,24). The molecule has 10 heteroatoms. The number of carbonyl (C=O) groups is 1. The zero-order valence-corrected chi connectivity index (χ0v) is 13.6. The molecule has 1 aromatic heterocycles. The first-order valence-corrected chi connectivity index (χ1v) is 7.85. The molecular weight excluding hydrogens is 349 g/mol. The summed E-state index contributed by atoms with van der Waals surface area (Å²) in [4.78, 5) is 20.4. The molecule has 2 heterocycles. The molecule has 1 amide bonds. The molecule has 1 unspecified atom stereocenters. The molecule has 1 atom stereocenters. The summed E-state index contributed by atoms with van der Waals surface area (Å²) in [6, 6.07) is 5.92. The second-order valence-corrected chi connectivity index (χ2v) is 5.99. The van der Waals surface area contributed by atoms with E-state index in [0.29, 0.717) is 30.8 Å². The van der Waals surface area contributed by atoms with Gasteiger partial charge in [-0.05, 0) is 30.7 Å². The van der Waals surface area contributed by atoms with E-state index < -0.39 is 17.6 Å². The number of hydrogen-bond acceptors (Lipinski definition) is 6. The van der Waals surface area contributed by atoms with Crippen molar-refractivity contribution < 1.29 is 18.0 Å². The van der Waals surface area contributed by atoms with Crippen LogP contribution in [0.2, 0.25) is 0 Å². The van der Waals surface area contributed by atoms with Crippen LogP contribution in [0.5, 0.6) is 0 Å². The molecule has 0 spiro atoms. The highest BCUT2D eigenvalue weighted by molar-refractivity contribution is 5.93. The molecule has 0 aliphatic carbocycles. The van der Waals surface area contributed by atoms with Crippen molar-refractivity contribution in [3.8, 4) is 0 Å². The van der Waals surface area contributed by atoms with Crippen LogP contribution >= 0.6 is 0 Å². The van der Waals surface area contributed by atoms with Crippen LogP contribution in [0.3, 0.4) is 0 Å². The van der Waals surface area contributed by atoms with Crippen molar-refractivity contribution in [1.29, 1.82) is 0 Å². The van der Waals surface area contributed by atoms with Gasteiger partial charge >= 0.3 is 6.18 Å². The van der Waals surface area contributed by atoms with E-state index in [9.17, 15) is 18.0 Å². The first kappa shape index (κ1) is 17.9. The summed E-state index contributed by atoms with van der Waals surface area (Å²) in [5.74, 6) is -0.757. The molecule has 1 fully saturated rings. The molecule has 1 aliphatic heterocycles. The van der Waals surface area contributed by atoms with Crippen LogP contribution in [0.15, 0.2) is 30.5 Å². The SMILES string of the molecule is NC(=O)c1ccc(Nc2ncc(C(F)(F)F)c(N3CCC(N)C3)n2)cc1. The lowest BCUT2D eigenvalue weighted by Crippen LogP contribution is -2.29. The number of benzene rings is 1. The fraction of sp³-hybridized carbons (Fsp3) is 0.312. The van der Waals surface area contributed by atoms with Crippen molar-refractivity contribution in [3.63, 3.8) is 0 Å². The van der Waals surface area contributed by atoms with E-state index in [1.165, 1.54) is 17.0 Å². The largest absolute Gasteiger partial charge is 0.421 e. The van der Waals surface area contributed by atoms with Crippen LogP contribution in [0.4, 0.5) is 30.6 Å². The molecule has 0 bridgehead atoms. The summed E-state index contributed by atoms with van der Waals surface area (Å²) in [5, 5.41) is 2.82. The normalized spacial score (nSPS) is 17.4. The van der Waals surface area contributed by atoms with Gasteiger partial charge in [0.25, 0.3) is 0 Å². The fourth-order valence-corrected chi connectivity index (χ4v) is 2.70. The van der Waals surface area contributed by atoms with Crippen molar-refractivity contribution >= 4 is 23.4 Å². The number of halogens is 3. The summed E-state index contributed by atoms with van der Waals surface area (Å²) in [5.41, 5.74) is 10.9. The Balaban J connectivity index is 1.89. The van der Waals surface area contributed by atoms with Gasteiger partial charge < -0.3 is 21.7 Å². The molecule has 2 aromatic rings. The van der Waals surface area contributed by atoms with Gasteiger partial charge in [0.05, 0.1) is 0 Å². The van der Waals surface area contributed by atoms with Crippen LogP contribution in [0.25, 0.3) is 0 Å². The van der Waals surface area contributed by atoms with Gasteiger partial charge in [0, 0.05) is 36.6 Å². The van der Waals surface area contributed by atoms with Gasteiger partial charge in [-0.2, -0.15) is 18.2 Å². The molecular formula is C16H17F3N6O. The third-order valence-electron chi connectivity index (χ3n) is 4.02. The Morgan fingerprint density at radius 2 is 1.96 bits per heavy atom. The fourth-order valence-electron chi connectivity index (χ4n) is 2.70. The minimum Gasteiger partial charge on any atom is -0.366 e. The third kappa shape index (κ3) is 3.85. The van der Waals surface area contributed by atoms with E-state index in [0.717, 1.165) is 6.20 Å². The third-order valence-corrected chi connectivity index (χ3v) is 4.02. The Kier molecular flexibility index (Phi) is 4.68. The lowest BCUT2D eigenvalue weighted by atomic mass is 10.2. The van der Waals surface area contributed by atoms with Gasteiger partial charge in [0.1, 0.15) is 11.4 Å². The zero-order valence-electron chi connectivity index (χ0n) is 13.6. The number of rotatable bonds is 4. The summed E-state index contributed by atoms with van der Waals surface area (Å²) in [6.45, 7) is 0.695. The summed E-state index contributed by atoms with van der Waals surface area (Å²) in [7, 11) is 0. The summed E-state index contributed by atoms with van der Waals surface area (Å²) in [6.07, 6.45) is -3.21. The lowest BCUT2D eigenvalue weighted by molar-refractivity contribution is -0.137. The van der Waals surface area contributed by atoms with E-state index in [1.807, 2.05) is 0 Å². The van der Waals surface area contributed by atoms with Gasteiger partial charge in [0.15, 0.2) is 0 Å². The van der Waals surface area contributed by atoms with Crippen molar-refractivity contribution in [1.82, 2.24) is 9.97 Å². The first-order chi connectivity index (χ1) is 12.2. The maximum Gasteiger partial charge on any atom is 0.421 e. The van der Waals surface area contributed by atoms with Crippen molar-refractivity contribution in [2.75, 3.05) is 23.3 Å². The minimum atomic E-state index is -4.57. The average molecular weight is 366 g/mol. The van der Waals surface area contributed by atoms with Crippen LogP contribution < -0.4 is 21.7 Å². The number of nitrogens with zero attached hydrogens (tertiary/aromatic N) is 3. The van der Waals surface area contributed by atoms with Crippen LogP contribution in [-0.2, 0) is 6.18 Å². The van der Waals surface area contributed by atoms with Crippen molar-refractivity contribution in [2.45, 2.75) is 18.6 Å². The van der Waals surface area contributed by atoms with Gasteiger partial charge in [0.2, 0.25) is 11.9 Å². The van der Waals surface area contributed by atoms with E-state index >= 15 is 0 Å². The van der Waals surface area contributed by atoms with E-state index in [-0.39, 0.29) is 17.8 Å². The van der Waals surface area contributed by atoms with Gasteiger partial charge in [-0.3, -0.25) is 4.79 Å². The molecule has 1 aliphatic rings. The Hall–Kier alpha value is -2.88. The van der Waals surface area contributed by atoms with E-state index in [4.69, 9.17) is 11.5 Å². The van der Waals surface area contributed by atoms with E-state index in [2.05, 4.69) is 15.3 Å². The highest BCUT2D eigenvalue weighted by Crippen LogP contribution is 2.36. The van der Waals surface area contributed by atoms with Crippen molar-refractivity contribution in [3.05, 3.63) is 41.6 Å². The lowest BCUT2D eigenvalue weighted by Gasteiger charge is -2.22. The van der Waals surface area contributed by atoms with Gasteiger partial charge in [-0.15, -0.1) is 0 Å². The highest BCUT2D eigenvalue weighted by atomic mass is 19.4. The number of carbonyl (C=O) groups excluding carboxylic acids is 1. The van der Waals surface area contributed by atoms with Crippen LogP contribution in [0.1, 0.15) is 22.3 Å². The molecule has 138 valence electrons. The molecule has 3 rings (SSSR count). The second-order valence-electron chi connectivity index (χ2n) is 5.99. The number of primary amides is 1. The smallest absolute Gasteiger partial charge is 0.366 e. The Morgan fingerprint density at radius 3 is 2.50 bits per heavy atom. The number of hydrogen-bond donors (Lipinski definition) is 3. The molecule has 1 saturated heterocycles. The van der Waals surface area contributed by atoms with Gasteiger partial charge in [-0.25, -0.2) is 4.98 Å². The van der Waals surface area contributed by atoms with Crippen LogP contribution in [0, 0.1) is 0 Å². The number of nitrogens with one attached hydrogen (secondary N) is 1. The van der Waals surface area contributed by atoms with E-state index in [1.54, 1.807) is 12.1 Å². The predicted molar refractivity (Wildman–Crippen MR) is 90.1 cm³/mol. The molecule has 5 N–H and O–H groups in total. The quantitative estimate of drug-likeness (QED) is 0.762. The maximum atomic E-state index is 13.3. The summed E-state index contributed by atoms with van der Waals surface area (Å²) < 4.78 is 39.8. The monoisotopic (exact) mass is 366 g/mol. The number of anilines is 3. The number of alkyl halides is 3. The number of amides is 1. The summed E-state index contributed by atoms with van der Waals surface area (Å²) >= 11 is 0. The Morgan fingerprint density at radius 1 is 1.27 bits per heavy atom. The molecule has 26 heavy (non-hydrogen) atoms. The molecule has 0 saturated carbocycles. The molecule has 7 nitrogen and oxygen atoms in total. The molecule has 0 radical (unpaired) electrons. The van der Waals surface area contributed by atoms with Crippen molar-refractivity contribution in [2.24, 2.45) is 11.5 Å². The van der Waals surface area contributed by atoms with Gasteiger partial charge in [-0.1, -0.05) is 0 Å². The number of nitrogens with two attached hydrogens (primary N) is 2. The topological polar surface area (TPSA) is 110 Å². The second kappa shape index (κ2) is 6.79. The number of aromatic nitrogens is 2. The predicted octanol–water partition coefficient (Wildman–Crippen LogP) is 1.88. The maximum absolute atomic E-state index is 13.3. The Labute approximate surface area is 147 Å².